The minimum Gasteiger partial charge on any atom is -0.465 e. The first-order valence-corrected chi connectivity index (χ1v) is 6.71. The summed E-state index contributed by atoms with van der Waals surface area (Å²) in [5.74, 6) is -0.591. The van der Waals surface area contributed by atoms with Gasteiger partial charge in [0.2, 0.25) is 0 Å². The molecule has 0 unspecified atom stereocenters. The lowest BCUT2D eigenvalue weighted by atomic mass is 10.1. The van der Waals surface area contributed by atoms with Crippen molar-refractivity contribution in [3.63, 3.8) is 0 Å². The molecule has 0 atom stereocenters. The van der Waals surface area contributed by atoms with Gasteiger partial charge in [0.25, 0.3) is 0 Å². The summed E-state index contributed by atoms with van der Waals surface area (Å²) < 4.78 is 9.71. The first-order chi connectivity index (χ1) is 11.1. The van der Waals surface area contributed by atoms with Crippen LogP contribution in [0, 0.1) is 11.3 Å². The Morgan fingerprint density at radius 3 is 2.26 bits per heavy atom. The van der Waals surface area contributed by atoms with Gasteiger partial charge in [0.1, 0.15) is 5.75 Å². The Morgan fingerprint density at radius 1 is 1.04 bits per heavy atom. The standard InChI is InChI=1S/C18H13NO4/c1-22-18(21)15-7-2-13(3-8-15)6-11-17(20)23-16-9-4-14(12-19)5-10-16/h2-11H,1H3/b11-6+. The highest BCUT2D eigenvalue weighted by molar-refractivity contribution is 5.90. The first kappa shape index (κ1) is 16.0. The predicted molar refractivity (Wildman–Crippen MR) is 83.6 cm³/mol. The fourth-order valence-electron chi connectivity index (χ4n) is 1.76. The van der Waals surface area contributed by atoms with E-state index >= 15 is 0 Å². The van der Waals surface area contributed by atoms with Gasteiger partial charge in [-0.15, -0.1) is 0 Å². The third kappa shape index (κ3) is 4.55. The van der Waals surface area contributed by atoms with Crippen LogP contribution in [0.25, 0.3) is 6.08 Å². The van der Waals surface area contributed by atoms with Crippen LogP contribution in [-0.4, -0.2) is 19.0 Å². The average Bonchev–Trinajstić information content (AvgIpc) is 2.60. The molecule has 5 heteroatoms. The van der Waals surface area contributed by atoms with Crippen LogP contribution in [0.1, 0.15) is 21.5 Å². The van der Waals surface area contributed by atoms with Gasteiger partial charge in [0.15, 0.2) is 0 Å². The van der Waals surface area contributed by atoms with Gasteiger partial charge in [-0.05, 0) is 48.0 Å². The second-order valence-corrected chi connectivity index (χ2v) is 4.50. The number of hydrogen-bond donors (Lipinski definition) is 0. The number of nitriles is 1. The lowest BCUT2D eigenvalue weighted by molar-refractivity contribution is -0.128. The highest BCUT2D eigenvalue weighted by Crippen LogP contribution is 2.12. The summed E-state index contributed by atoms with van der Waals surface area (Å²) in [5.41, 5.74) is 1.67. The molecular formula is C18H13NO4. The van der Waals surface area contributed by atoms with E-state index in [0.29, 0.717) is 16.9 Å². The van der Waals surface area contributed by atoms with Gasteiger partial charge in [-0.25, -0.2) is 9.59 Å². The van der Waals surface area contributed by atoms with Crippen LogP contribution in [0.5, 0.6) is 5.75 Å². The van der Waals surface area contributed by atoms with Crippen molar-refractivity contribution in [3.05, 3.63) is 71.3 Å². The quantitative estimate of drug-likeness (QED) is 0.493. The molecule has 0 spiro atoms. The number of ether oxygens (including phenoxy) is 2. The Bertz CT molecular complexity index is 768. The van der Waals surface area contributed by atoms with Crippen LogP contribution >= 0.6 is 0 Å². The van der Waals surface area contributed by atoms with E-state index in [-0.39, 0.29) is 0 Å². The largest absolute Gasteiger partial charge is 0.465 e. The minimum absolute atomic E-state index is 0.361. The van der Waals surface area contributed by atoms with Crippen molar-refractivity contribution < 1.29 is 19.1 Å². The minimum atomic E-state index is -0.535. The Kier molecular flexibility index (Phi) is 5.26. The zero-order valence-corrected chi connectivity index (χ0v) is 12.4. The van der Waals surface area contributed by atoms with E-state index in [4.69, 9.17) is 10.00 Å². The predicted octanol–water partition coefficient (Wildman–Crippen LogP) is 2.96. The number of carbonyl (C=O) groups excluding carboxylic acids is 2. The Labute approximate surface area is 133 Å². The smallest absolute Gasteiger partial charge is 0.337 e. The monoisotopic (exact) mass is 307 g/mol. The number of rotatable bonds is 4. The number of nitrogens with zero attached hydrogens (tertiary/aromatic N) is 1. The van der Waals surface area contributed by atoms with Crippen LogP contribution in [0.4, 0.5) is 0 Å². The molecular weight excluding hydrogens is 294 g/mol. The van der Waals surface area contributed by atoms with Gasteiger partial charge in [-0.2, -0.15) is 5.26 Å². The molecule has 0 saturated carbocycles. The summed E-state index contributed by atoms with van der Waals surface area (Å²) in [4.78, 5) is 23.0. The summed E-state index contributed by atoms with van der Waals surface area (Å²) in [7, 11) is 1.31. The van der Waals surface area contributed by atoms with Crippen LogP contribution in [0.2, 0.25) is 0 Å². The van der Waals surface area contributed by atoms with Crippen molar-refractivity contribution in [3.8, 4) is 11.8 Å². The molecule has 2 rings (SSSR count). The average molecular weight is 307 g/mol. The lowest BCUT2D eigenvalue weighted by Gasteiger charge is -2.01. The highest BCUT2D eigenvalue weighted by atomic mass is 16.5. The molecule has 5 nitrogen and oxygen atoms in total. The second kappa shape index (κ2) is 7.57. The number of methoxy groups -OCH3 is 1. The van der Waals surface area contributed by atoms with Crippen LogP contribution in [0.3, 0.4) is 0 Å². The molecule has 0 aromatic heterocycles. The van der Waals surface area contributed by atoms with Crippen LogP contribution < -0.4 is 4.74 Å². The van der Waals surface area contributed by atoms with E-state index in [1.165, 1.54) is 13.2 Å². The molecule has 0 aliphatic heterocycles. The molecule has 0 N–H and O–H groups in total. The Hall–Kier alpha value is -3.39. The van der Waals surface area contributed by atoms with E-state index in [0.717, 1.165) is 5.56 Å². The fraction of sp³-hybridized carbons (Fsp3) is 0.0556. The van der Waals surface area contributed by atoms with Crippen molar-refractivity contribution in [2.45, 2.75) is 0 Å². The van der Waals surface area contributed by atoms with Crippen molar-refractivity contribution >= 4 is 18.0 Å². The van der Waals surface area contributed by atoms with E-state index in [2.05, 4.69) is 4.74 Å². The fourth-order valence-corrected chi connectivity index (χ4v) is 1.76. The Morgan fingerprint density at radius 2 is 1.70 bits per heavy atom. The van der Waals surface area contributed by atoms with E-state index in [1.807, 2.05) is 6.07 Å². The summed E-state index contributed by atoms with van der Waals surface area (Å²) in [6, 6.07) is 14.8. The van der Waals surface area contributed by atoms with Crippen molar-refractivity contribution in [2.24, 2.45) is 0 Å². The summed E-state index contributed by atoms with van der Waals surface area (Å²) in [5, 5.41) is 8.69. The number of esters is 2. The van der Waals surface area contributed by atoms with Crippen molar-refractivity contribution in [1.82, 2.24) is 0 Å². The molecule has 23 heavy (non-hydrogen) atoms. The molecule has 0 aliphatic rings. The first-order valence-electron chi connectivity index (χ1n) is 6.71. The van der Waals surface area contributed by atoms with Crippen LogP contribution in [-0.2, 0) is 9.53 Å². The molecule has 0 aliphatic carbocycles. The molecule has 0 radical (unpaired) electrons. The van der Waals surface area contributed by atoms with Crippen LogP contribution in [0.15, 0.2) is 54.6 Å². The van der Waals surface area contributed by atoms with Crippen molar-refractivity contribution in [2.75, 3.05) is 7.11 Å². The molecule has 0 amide bonds. The molecule has 0 saturated heterocycles. The molecule has 0 bridgehead atoms. The van der Waals surface area contributed by atoms with Gasteiger partial charge in [-0.1, -0.05) is 12.1 Å². The second-order valence-electron chi connectivity index (χ2n) is 4.50. The zero-order chi connectivity index (χ0) is 16.7. The van der Waals surface area contributed by atoms with Gasteiger partial charge in [0, 0.05) is 6.08 Å². The molecule has 2 aromatic rings. The normalized spacial score (nSPS) is 10.1. The Balaban J connectivity index is 1.97. The van der Waals surface area contributed by atoms with E-state index in [9.17, 15) is 9.59 Å². The maximum Gasteiger partial charge on any atom is 0.337 e. The molecule has 114 valence electrons. The number of benzene rings is 2. The van der Waals surface area contributed by atoms with Crippen molar-refractivity contribution in [1.29, 1.82) is 5.26 Å². The summed E-state index contributed by atoms with van der Waals surface area (Å²) >= 11 is 0. The lowest BCUT2D eigenvalue weighted by Crippen LogP contribution is -2.03. The number of hydrogen-bond acceptors (Lipinski definition) is 5. The molecule has 0 heterocycles. The highest BCUT2D eigenvalue weighted by Gasteiger charge is 2.04. The topological polar surface area (TPSA) is 76.4 Å². The molecule has 2 aromatic carbocycles. The van der Waals surface area contributed by atoms with Gasteiger partial charge in [-0.3, -0.25) is 0 Å². The van der Waals surface area contributed by atoms with E-state index < -0.39 is 11.9 Å². The van der Waals surface area contributed by atoms with Gasteiger partial charge < -0.3 is 9.47 Å². The molecule has 0 fully saturated rings. The third-order valence-electron chi connectivity index (χ3n) is 2.95. The maximum atomic E-state index is 11.7. The maximum absolute atomic E-state index is 11.7. The summed E-state index contributed by atoms with van der Waals surface area (Å²) in [6.07, 6.45) is 2.86. The number of carbonyl (C=O) groups is 2. The van der Waals surface area contributed by atoms with Gasteiger partial charge in [0.05, 0.1) is 24.3 Å². The zero-order valence-electron chi connectivity index (χ0n) is 12.4. The third-order valence-corrected chi connectivity index (χ3v) is 2.95. The van der Waals surface area contributed by atoms with E-state index in [1.54, 1.807) is 54.6 Å². The van der Waals surface area contributed by atoms with Gasteiger partial charge >= 0.3 is 11.9 Å². The summed E-state index contributed by atoms with van der Waals surface area (Å²) in [6.45, 7) is 0. The SMILES string of the molecule is COC(=O)c1ccc(/C=C/C(=O)Oc2ccc(C#N)cc2)cc1.